The van der Waals surface area contributed by atoms with Crippen molar-refractivity contribution >= 4 is 22.6 Å². The number of carbonyl (C=O) groups is 1. The van der Waals surface area contributed by atoms with Crippen LogP contribution in [0.25, 0.3) is 10.9 Å². The molecule has 4 rings (SSSR count). The first-order valence-electron chi connectivity index (χ1n) is 8.78. The van der Waals surface area contributed by atoms with E-state index in [1.54, 1.807) is 23.5 Å². The molecule has 1 atom stereocenters. The Morgan fingerprint density at radius 2 is 2.19 bits per heavy atom. The Balaban J connectivity index is 1.53. The molecule has 0 radical (unpaired) electrons. The van der Waals surface area contributed by atoms with Crippen LogP contribution in [0, 0.1) is 0 Å². The lowest BCUT2D eigenvalue weighted by Gasteiger charge is -2.26. The summed E-state index contributed by atoms with van der Waals surface area (Å²) in [7, 11) is 0. The lowest BCUT2D eigenvalue weighted by molar-refractivity contribution is 0.0819. The Labute approximate surface area is 151 Å². The number of benzene rings is 1. The highest BCUT2D eigenvalue weighted by atomic mass is 16.5. The zero-order chi connectivity index (χ0) is 17.8. The van der Waals surface area contributed by atoms with E-state index < -0.39 is 0 Å². The molecule has 3 heterocycles. The number of hydrogen-bond donors (Lipinski definition) is 2. The summed E-state index contributed by atoms with van der Waals surface area (Å²) in [5.41, 5.74) is 2.58. The maximum atomic E-state index is 13.0. The molecule has 134 valence electrons. The number of aromatic nitrogens is 3. The molecule has 7 nitrogen and oxygen atoms in total. The number of nitrogens with one attached hydrogen (secondary N) is 2. The number of pyridine rings is 1. The Bertz CT molecular complexity index is 874. The third kappa shape index (κ3) is 3.67. The second-order valence-corrected chi connectivity index (χ2v) is 6.44. The van der Waals surface area contributed by atoms with Crippen LogP contribution in [0.15, 0.2) is 48.9 Å². The summed E-state index contributed by atoms with van der Waals surface area (Å²) < 4.78 is 5.73. The van der Waals surface area contributed by atoms with E-state index in [2.05, 4.69) is 20.5 Å². The topological polar surface area (TPSA) is 83.1 Å². The van der Waals surface area contributed by atoms with Crippen LogP contribution in [0.2, 0.25) is 0 Å². The third-order valence-corrected chi connectivity index (χ3v) is 4.58. The van der Waals surface area contributed by atoms with Crippen LogP contribution >= 0.6 is 0 Å². The van der Waals surface area contributed by atoms with Gasteiger partial charge in [-0.1, -0.05) is 12.1 Å². The van der Waals surface area contributed by atoms with Crippen LogP contribution in [0.5, 0.6) is 0 Å². The lowest BCUT2D eigenvalue weighted by Crippen LogP contribution is -2.39. The molecule has 1 saturated heterocycles. The van der Waals surface area contributed by atoms with Crippen molar-refractivity contribution in [1.29, 1.82) is 0 Å². The van der Waals surface area contributed by atoms with Gasteiger partial charge in [0.15, 0.2) is 0 Å². The van der Waals surface area contributed by atoms with E-state index >= 15 is 0 Å². The quantitative estimate of drug-likeness (QED) is 0.739. The molecule has 1 fully saturated rings. The standard InChI is InChI=1S/C19H21N5O2/c25-19(22-17-5-1-3-15-11-21-23-18(15)17)24(13-16-4-2-10-26-16)12-14-6-8-20-9-7-14/h1,3,5-9,11,16H,2,4,10,12-13H2,(H,21,23)(H,22,25)/t16-/m1/s1. The van der Waals surface area contributed by atoms with Gasteiger partial charge in [0.2, 0.25) is 0 Å². The summed E-state index contributed by atoms with van der Waals surface area (Å²) in [4.78, 5) is 18.8. The molecule has 2 amide bonds. The van der Waals surface area contributed by atoms with Gasteiger partial charge in [0.25, 0.3) is 0 Å². The second-order valence-electron chi connectivity index (χ2n) is 6.44. The van der Waals surface area contributed by atoms with Gasteiger partial charge in [0.05, 0.1) is 23.5 Å². The highest BCUT2D eigenvalue weighted by Gasteiger charge is 2.23. The number of ether oxygens (including phenoxy) is 1. The fourth-order valence-electron chi connectivity index (χ4n) is 3.23. The lowest BCUT2D eigenvalue weighted by atomic mass is 10.2. The highest BCUT2D eigenvalue weighted by molar-refractivity contribution is 5.99. The molecular formula is C19H21N5O2. The summed E-state index contributed by atoms with van der Waals surface area (Å²) in [6.45, 7) is 1.84. The van der Waals surface area contributed by atoms with Crippen LogP contribution in [0.3, 0.4) is 0 Å². The van der Waals surface area contributed by atoms with Crippen molar-refractivity contribution in [2.24, 2.45) is 0 Å². The number of anilines is 1. The van der Waals surface area contributed by atoms with Crippen LogP contribution in [-0.4, -0.2) is 45.4 Å². The van der Waals surface area contributed by atoms with Gasteiger partial charge in [-0.05, 0) is 36.6 Å². The Kier molecular flexibility index (Phi) is 4.79. The van der Waals surface area contributed by atoms with Crippen molar-refractivity contribution in [2.75, 3.05) is 18.5 Å². The molecule has 7 heteroatoms. The van der Waals surface area contributed by atoms with E-state index in [4.69, 9.17) is 4.74 Å². The molecule has 0 aliphatic carbocycles. The number of amides is 2. The Hall–Kier alpha value is -2.93. The van der Waals surface area contributed by atoms with E-state index in [0.29, 0.717) is 13.1 Å². The molecule has 2 aromatic heterocycles. The SMILES string of the molecule is O=C(Nc1cccc2cn[nH]c12)N(Cc1ccncc1)C[C@H]1CCCO1. The van der Waals surface area contributed by atoms with Crippen molar-refractivity contribution < 1.29 is 9.53 Å². The van der Waals surface area contributed by atoms with Gasteiger partial charge in [0.1, 0.15) is 0 Å². The Morgan fingerprint density at radius 1 is 1.31 bits per heavy atom. The number of hydrogen-bond acceptors (Lipinski definition) is 4. The summed E-state index contributed by atoms with van der Waals surface area (Å²) in [5.74, 6) is 0. The normalized spacial score (nSPS) is 16.7. The summed E-state index contributed by atoms with van der Waals surface area (Å²) in [6.07, 6.45) is 7.34. The van der Waals surface area contributed by atoms with E-state index in [-0.39, 0.29) is 12.1 Å². The smallest absolute Gasteiger partial charge is 0.322 e. The van der Waals surface area contributed by atoms with E-state index in [1.165, 1.54) is 0 Å². The van der Waals surface area contributed by atoms with Gasteiger partial charge in [-0.2, -0.15) is 5.10 Å². The molecule has 2 N–H and O–H groups in total. The third-order valence-electron chi connectivity index (χ3n) is 4.58. The van der Waals surface area contributed by atoms with Crippen molar-refractivity contribution in [3.8, 4) is 0 Å². The van der Waals surface area contributed by atoms with Gasteiger partial charge in [0, 0.05) is 37.5 Å². The number of carbonyl (C=O) groups excluding carboxylic acids is 1. The van der Waals surface area contributed by atoms with E-state index in [0.717, 1.165) is 41.6 Å². The summed E-state index contributed by atoms with van der Waals surface area (Å²) in [5, 5.41) is 11.0. The number of fused-ring (bicyclic) bond motifs is 1. The molecule has 0 bridgehead atoms. The van der Waals surface area contributed by atoms with Gasteiger partial charge in [-0.15, -0.1) is 0 Å². The molecular weight excluding hydrogens is 330 g/mol. The van der Waals surface area contributed by atoms with Crippen LogP contribution in [0.1, 0.15) is 18.4 Å². The Morgan fingerprint density at radius 3 is 3.00 bits per heavy atom. The number of aromatic amines is 1. The van der Waals surface area contributed by atoms with Crippen LogP contribution in [0.4, 0.5) is 10.5 Å². The number of para-hydroxylation sites is 1. The number of H-pyrrole nitrogens is 1. The van der Waals surface area contributed by atoms with Gasteiger partial charge >= 0.3 is 6.03 Å². The van der Waals surface area contributed by atoms with Gasteiger partial charge in [-0.25, -0.2) is 4.79 Å². The molecule has 0 unspecified atom stereocenters. The van der Waals surface area contributed by atoms with Crippen LogP contribution < -0.4 is 5.32 Å². The van der Waals surface area contributed by atoms with E-state index in [1.807, 2.05) is 30.3 Å². The predicted molar refractivity (Wildman–Crippen MR) is 98.7 cm³/mol. The first kappa shape index (κ1) is 16.5. The fourth-order valence-corrected chi connectivity index (χ4v) is 3.23. The second kappa shape index (κ2) is 7.53. The fraction of sp³-hybridized carbons (Fsp3) is 0.316. The molecule has 3 aromatic rings. The highest BCUT2D eigenvalue weighted by Crippen LogP contribution is 2.22. The van der Waals surface area contributed by atoms with Crippen molar-refractivity contribution in [1.82, 2.24) is 20.1 Å². The number of urea groups is 1. The van der Waals surface area contributed by atoms with Gasteiger partial charge < -0.3 is 15.0 Å². The maximum Gasteiger partial charge on any atom is 0.322 e. The van der Waals surface area contributed by atoms with Gasteiger partial charge in [-0.3, -0.25) is 10.1 Å². The monoisotopic (exact) mass is 351 g/mol. The maximum absolute atomic E-state index is 13.0. The predicted octanol–water partition coefficient (Wildman–Crippen LogP) is 3.17. The minimum atomic E-state index is -0.153. The number of nitrogens with zero attached hydrogens (tertiary/aromatic N) is 3. The molecule has 0 spiro atoms. The van der Waals surface area contributed by atoms with Crippen molar-refractivity contribution in [2.45, 2.75) is 25.5 Å². The average molecular weight is 351 g/mol. The minimum Gasteiger partial charge on any atom is -0.376 e. The average Bonchev–Trinajstić information content (AvgIpc) is 3.34. The van der Waals surface area contributed by atoms with Crippen LogP contribution in [-0.2, 0) is 11.3 Å². The largest absolute Gasteiger partial charge is 0.376 e. The molecule has 0 saturated carbocycles. The first-order chi connectivity index (χ1) is 12.8. The van der Waals surface area contributed by atoms with Crippen molar-refractivity contribution in [3.05, 3.63) is 54.5 Å². The summed E-state index contributed by atoms with van der Waals surface area (Å²) in [6, 6.07) is 9.42. The molecule has 1 aromatic carbocycles. The zero-order valence-electron chi connectivity index (χ0n) is 14.4. The first-order valence-corrected chi connectivity index (χ1v) is 8.78. The zero-order valence-corrected chi connectivity index (χ0v) is 14.4. The summed E-state index contributed by atoms with van der Waals surface area (Å²) >= 11 is 0. The molecule has 1 aliphatic heterocycles. The molecule has 26 heavy (non-hydrogen) atoms. The minimum absolute atomic E-state index is 0.0885. The number of rotatable bonds is 5. The molecule has 1 aliphatic rings. The van der Waals surface area contributed by atoms with Crippen molar-refractivity contribution in [3.63, 3.8) is 0 Å². The van der Waals surface area contributed by atoms with E-state index in [9.17, 15) is 4.79 Å².